The number of halogens is 1. The molecule has 0 aromatic carbocycles. The molecule has 5 nitrogen and oxygen atoms in total. The molecule has 0 saturated carbocycles. The molecule has 20 heavy (non-hydrogen) atoms. The smallest absolute Gasteiger partial charge is 0.0638 e. The van der Waals surface area contributed by atoms with Crippen LogP contribution in [0.1, 0.15) is 36.0 Å². The molecule has 0 saturated heterocycles. The zero-order valence-corrected chi connectivity index (χ0v) is 13.5. The van der Waals surface area contributed by atoms with Gasteiger partial charge in [0, 0.05) is 38.4 Å². The Balaban J connectivity index is 0.00000200. The summed E-state index contributed by atoms with van der Waals surface area (Å²) >= 11 is 0. The van der Waals surface area contributed by atoms with Crippen molar-refractivity contribution >= 4 is 12.4 Å². The average molecular weight is 298 g/mol. The van der Waals surface area contributed by atoms with E-state index in [-0.39, 0.29) is 12.4 Å². The summed E-state index contributed by atoms with van der Waals surface area (Å²) in [6.07, 6.45) is 3.25. The molecular formula is C14H24ClN5. The van der Waals surface area contributed by atoms with E-state index in [1.54, 1.807) is 0 Å². The molecule has 0 aliphatic heterocycles. The number of rotatable bonds is 6. The van der Waals surface area contributed by atoms with Gasteiger partial charge in [-0.25, -0.2) is 0 Å². The molecule has 6 heteroatoms. The second kappa shape index (κ2) is 7.45. The maximum atomic E-state index is 4.51. The molecule has 1 N–H and O–H groups in total. The Hall–Kier alpha value is -1.33. The Morgan fingerprint density at radius 1 is 1.20 bits per heavy atom. The monoisotopic (exact) mass is 297 g/mol. The lowest BCUT2D eigenvalue weighted by Gasteiger charge is -2.04. The molecule has 2 heterocycles. The van der Waals surface area contributed by atoms with Crippen LogP contribution >= 0.6 is 12.4 Å². The van der Waals surface area contributed by atoms with E-state index >= 15 is 0 Å². The van der Waals surface area contributed by atoms with Gasteiger partial charge in [0.2, 0.25) is 0 Å². The van der Waals surface area contributed by atoms with Crippen molar-refractivity contribution in [3.63, 3.8) is 0 Å². The van der Waals surface area contributed by atoms with Gasteiger partial charge >= 0.3 is 0 Å². The molecule has 0 radical (unpaired) electrons. The van der Waals surface area contributed by atoms with Crippen LogP contribution in [0.25, 0.3) is 0 Å². The van der Waals surface area contributed by atoms with Gasteiger partial charge in [-0.1, -0.05) is 6.92 Å². The van der Waals surface area contributed by atoms with Crippen LogP contribution in [0.3, 0.4) is 0 Å². The van der Waals surface area contributed by atoms with Gasteiger partial charge in [0.1, 0.15) is 0 Å². The first-order chi connectivity index (χ1) is 9.10. The minimum Gasteiger partial charge on any atom is -0.307 e. The molecule has 2 aromatic rings. The average Bonchev–Trinajstić information content (AvgIpc) is 2.84. The minimum atomic E-state index is 0. The van der Waals surface area contributed by atoms with Gasteiger partial charge in [-0.2, -0.15) is 10.2 Å². The van der Waals surface area contributed by atoms with Crippen molar-refractivity contribution in [1.29, 1.82) is 0 Å². The topological polar surface area (TPSA) is 47.7 Å². The molecular weight excluding hydrogens is 274 g/mol. The Bertz CT molecular complexity index is 544. The van der Waals surface area contributed by atoms with E-state index in [0.29, 0.717) is 0 Å². The standard InChI is InChI=1S/C14H23N5.ClH/c1-5-6-19-10-13(12(3)17-19)8-15-9-14-7-11(2)16-18(14)4;/h7,10,15H,5-6,8-9H2,1-4H3;1H. The largest absolute Gasteiger partial charge is 0.307 e. The molecule has 2 aromatic heterocycles. The first kappa shape index (κ1) is 16.7. The van der Waals surface area contributed by atoms with Gasteiger partial charge in [0.25, 0.3) is 0 Å². The van der Waals surface area contributed by atoms with E-state index in [1.807, 2.05) is 23.3 Å². The fourth-order valence-electron chi connectivity index (χ4n) is 2.23. The first-order valence-corrected chi connectivity index (χ1v) is 6.83. The molecule has 0 bridgehead atoms. The molecule has 0 amide bonds. The van der Waals surface area contributed by atoms with Crippen molar-refractivity contribution in [1.82, 2.24) is 24.9 Å². The van der Waals surface area contributed by atoms with Gasteiger partial charge in [-0.15, -0.1) is 12.4 Å². The van der Waals surface area contributed by atoms with Crippen LogP contribution in [-0.2, 0) is 26.7 Å². The molecule has 0 aliphatic rings. The SMILES string of the molecule is CCCn1cc(CNCc2cc(C)nn2C)c(C)n1.Cl. The summed E-state index contributed by atoms with van der Waals surface area (Å²) in [7, 11) is 1.98. The fraction of sp³-hybridized carbons (Fsp3) is 0.571. The summed E-state index contributed by atoms with van der Waals surface area (Å²) < 4.78 is 3.95. The number of aromatic nitrogens is 4. The van der Waals surface area contributed by atoms with Crippen molar-refractivity contribution in [2.24, 2.45) is 7.05 Å². The highest BCUT2D eigenvalue weighted by Gasteiger charge is 2.05. The number of nitrogens with zero attached hydrogens (tertiary/aromatic N) is 4. The molecule has 0 aliphatic carbocycles. The van der Waals surface area contributed by atoms with Gasteiger partial charge in [0.15, 0.2) is 0 Å². The maximum Gasteiger partial charge on any atom is 0.0638 e. The van der Waals surface area contributed by atoms with Crippen LogP contribution < -0.4 is 5.32 Å². The molecule has 0 fully saturated rings. The second-order valence-electron chi connectivity index (χ2n) is 5.01. The van der Waals surface area contributed by atoms with Gasteiger partial charge in [-0.3, -0.25) is 9.36 Å². The van der Waals surface area contributed by atoms with Crippen LogP contribution in [0.4, 0.5) is 0 Å². The third kappa shape index (κ3) is 4.08. The van der Waals surface area contributed by atoms with Crippen molar-refractivity contribution in [2.45, 2.75) is 46.8 Å². The lowest BCUT2D eigenvalue weighted by Crippen LogP contribution is -2.15. The highest BCUT2D eigenvalue weighted by atomic mass is 35.5. The van der Waals surface area contributed by atoms with E-state index in [1.165, 1.54) is 11.3 Å². The maximum absolute atomic E-state index is 4.51. The zero-order chi connectivity index (χ0) is 13.8. The fourth-order valence-corrected chi connectivity index (χ4v) is 2.23. The molecule has 0 spiro atoms. The lowest BCUT2D eigenvalue weighted by molar-refractivity contribution is 0.596. The normalized spacial score (nSPS) is 10.6. The number of hydrogen-bond donors (Lipinski definition) is 1. The molecule has 112 valence electrons. The van der Waals surface area contributed by atoms with Crippen molar-refractivity contribution < 1.29 is 0 Å². The van der Waals surface area contributed by atoms with E-state index in [9.17, 15) is 0 Å². The van der Waals surface area contributed by atoms with Crippen LogP contribution in [0.2, 0.25) is 0 Å². The van der Waals surface area contributed by atoms with Gasteiger partial charge in [-0.05, 0) is 26.3 Å². The Morgan fingerprint density at radius 3 is 2.55 bits per heavy atom. The van der Waals surface area contributed by atoms with Crippen molar-refractivity contribution in [3.05, 3.63) is 34.9 Å². The van der Waals surface area contributed by atoms with Crippen molar-refractivity contribution in [3.8, 4) is 0 Å². The van der Waals surface area contributed by atoms with Crippen LogP contribution in [0.5, 0.6) is 0 Å². The zero-order valence-electron chi connectivity index (χ0n) is 12.7. The second-order valence-corrected chi connectivity index (χ2v) is 5.01. The van der Waals surface area contributed by atoms with Crippen molar-refractivity contribution in [2.75, 3.05) is 0 Å². The van der Waals surface area contributed by atoms with E-state index in [4.69, 9.17) is 0 Å². The first-order valence-electron chi connectivity index (χ1n) is 6.83. The van der Waals surface area contributed by atoms with Gasteiger partial charge < -0.3 is 5.32 Å². The Kier molecular flexibility index (Phi) is 6.23. The van der Waals surface area contributed by atoms with E-state index < -0.39 is 0 Å². The summed E-state index contributed by atoms with van der Waals surface area (Å²) in [6.45, 7) is 8.91. The van der Waals surface area contributed by atoms with Gasteiger partial charge in [0.05, 0.1) is 17.1 Å². The number of hydrogen-bond acceptors (Lipinski definition) is 3. The summed E-state index contributed by atoms with van der Waals surface area (Å²) in [5, 5.41) is 12.3. The predicted molar refractivity (Wildman–Crippen MR) is 83.0 cm³/mol. The quantitative estimate of drug-likeness (QED) is 0.890. The van der Waals surface area contributed by atoms with Crippen LogP contribution in [0, 0.1) is 13.8 Å². The summed E-state index contributed by atoms with van der Waals surface area (Å²) in [4.78, 5) is 0. The summed E-state index contributed by atoms with van der Waals surface area (Å²) in [5.74, 6) is 0. The molecule has 0 unspecified atom stereocenters. The Labute approximate surface area is 126 Å². The Morgan fingerprint density at radius 2 is 1.95 bits per heavy atom. The molecule has 2 rings (SSSR count). The summed E-state index contributed by atoms with van der Waals surface area (Å²) in [5.41, 5.74) is 4.65. The van der Waals surface area contributed by atoms with Crippen LogP contribution in [0.15, 0.2) is 12.3 Å². The lowest BCUT2D eigenvalue weighted by atomic mass is 10.2. The predicted octanol–water partition coefficient (Wildman–Crippen LogP) is 2.36. The van der Waals surface area contributed by atoms with E-state index in [2.05, 4.69) is 41.6 Å². The third-order valence-electron chi connectivity index (χ3n) is 3.22. The highest BCUT2D eigenvalue weighted by Crippen LogP contribution is 2.07. The number of aryl methyl sites for hydroxylation is 4. The number of nitrogens with one attached hydrogen (secondary N) is 1. The highest BCUT2D eigenvalue weighted by molar-refractivity contribution is 5.85. The minimum absolute atomic E-state index is 0. The molecule has 0 atom stereocenters. The van der Waals surface area contributed by atoms with Crippen LogP contribution in [-0.4, -0.2) is 19.6 Å². The third-order valence-corrected chi connectivity index (χ3v) is 3.22. The van der Waals surface area contributed by atoms with E-state index in [0.717, 1.165) is 37.4 Å². The summed E-state index contributed by atoms with van der Waals surface area (Å²) in [6, 6.07) is 2.11.